The molecule has 0 saturated heterocycles. The summed E-state index contributed by atoms with van der Waals surface area (Å²) < 4.78 is 0. The monoisotopic (exact) mass is 336 g/mol. The molecule has 0 saturated carbocycles. The summed E-state index contributed by atoms with van der Waals surface area (Å²) >= 11 is 0. The van der Waals surface area contributed by atoms with Gasteiger partial charge in [-0.2, -0.15) is 0 Å². The number of nitrogens with one attached hydrogen (secondary N) is 2. The minimum absolute atomic E-state index is 0.0103. The molecule has 0 aliphatic heterocycles. The molecular formula is C21H24N2O2. The number of aliphatic hydroxyl groups excluding tert-OH is 1. The molecule has 2 aromatic carbocycles. The highest BCUT2D eigenvalue weighted by molar-refractivity contribution is 5.93. The molecule has 0 atom stereocenters. The first-order valence-electron chi connectivity index (χ1n) is 8.52. The number of benzene rings is 2. The van der Waals surface area contributed by atoms with Crippen LogP contribution in [-0.2, 0) is 24.4 Å². The molecule has 3 N–H and O–H groups in total. The van der Waals surface area contributed by atoms with E-state index in [0.29, 0.717) is 13.0 Å². The lowest BCUT2D eigenvalue weighted by Crippen LogP contribution is -2.24. The first kappa shape index (κ1) is 17.2. The molecule has 0 aliphatic rings. The fourth-order valence-corrected chi connectivity index (χ4v) is 3.22. The van der Waals surface area contributed by atoms with Gasteiger partial charge in [0.25, 0.3) is 0 Å². The SMILES string of the molecule is Cc1[nH]c2c(C)ccc(C)c2c1CC(=O)NCc1ccc(CO)cc1. The lowest BCUT2D eigenvalue weighted by Gasteiger charge is -2.08. The maximum absolute atomic E-state index is 12.4. The number of carbonyl (C=O) groups is 1. The van der Waals surface area contributed by atoms with Gasteiger partial charge in [-0.15, -0.1) is 0 Å². The molecule has 1 amide bonds. The Morgan fingerprint density at radius 1 is 1.00 bits per heavy atom. The topological polar surface area (TPSA) is 65.1 Å². The van der Waals surface area contributed by atoms with Crippen molar-refractivity contribution in [1.82, 2.24) is 10.3 Å². The number of rotatable bonds is 5. The van der Waals surface area contributed by atoms with E-state index in [2.05, 4.69) is 36.3 Å². The first-order chi connectivity index (χ1) is 12.0. The van der Waals surface area contributed by atoms with E-state index in [1.165, 1.54) is 16.5 Å². The second kappa shape index (κ2) is 7.11. The van der Waals surface area contributed by atoms with Gasteiger partial charge in [0.05, 0.1) is 13.0 Å². The number of aromatic amines is 1. The van der Waals surface area contributed by atoms with Gasteiger partial charge in [-0.3, -0.25) is 4.79 Å². The number of amides is 1. The van der Waals surface area contributed by atoms with E-state index >= 15 is 0 Å². The van der Waals surface area contributed by atoms with Crippen molar-refractivity contribution in [2.45, 2.75) is 40.3 Å². The van der Waals surface area contributed by atoms with Crippen molar-refractivity contribution in [1.29, 1.82) is 0 Å². The van der Waals surface area contributed by atoms with Crippen molar-refractivity contribution in [2.24, 2.45) is 0 Å². The normalized spacial score (nSPS) is 11.0. The van der Waals surface area contributed by atoms with E-state index in [-0.39, 0.29) is 12.5 Å². The van der Waals surface area contributed by atoms with Crippen molar-refractivity contribution in [2.75, 3.05) is 0 Å². The number of hydrogen-bond donors (Lipinski definition) is 3. The molecule has 0 radical (unpaired) electrons. The highest BCUT2D eigenvalue weighted by Gasteiger charge is 2.15. The van der Waals surface area contributed by atoms with Gasteiger partial charge in [-0.25, -0.2) is 0 Å². The first-order valence-corrected chi connectivity index (χ1v) is 8.52. The molecule has 0 aliphatic carbocycles. The van der Waals surface area contributed by atoms with Gasteiger partial charge in [0.1, 0.15) is 0 Å². The summed E-state index contributed by atoms with van der Waals surface area (Å²) in [7, 11) is 0. The van der Waals surface area contributed by atoms with Gasteiger partial charge in [-0.05, 0) is 48.6 Å². The number of aliphatic hydroxyl groups is 1. The predicted octanol–water partition coefficient (Wildman–Crippen LogP) is 3.44. The van der Waals surface area contributed by atoms with E-state index in [1.54, 1.807) is 0 Å². The zero-order valence-corrected chi connectivity index (χ0v) is 14.9. The zero-order chi connectivity index (χ0) is 18.0. The van der Waals surface area contributed by atoms with Crippen LogP contribution in [0.5, 0.6) is 0 Å². The third kappa shape index (κ3) is 3.59. The lowest BCUT2D eigenvalue weighted by atomic mass is 10.0. The van der Waals surface area contributed by atoms with Crippen LogP contribution in [0, 0.1) is 20.8 Å². The minimum atomic E-state index is 0.0103. The second-order valence-electron chi connectivity index (χ2n) is 6.61. The summed E-state index contributed by atoms with van der Waals surface area (Å²) in [6.07, 6.45) is 0.366. The van der Waals surface area contributed by atoms with Crippen molar-refractivity contribution in [3.63, 3.8) is 0 Å². The van der Waals surface area contributed by atoms with E-state index in [4.69, 9.17) is 5.11 Å². The summed E-state index contributed by atoms with van der Waals surface area (Å²) in [5, 5.41) is 13.2. The van der Waals surface area contributed by atoms with Crippen LogP contribution in [0.3, 0.4) is 0 Å². The van der Waals surface area contributed by atoms with Gasteiger partial charge in [-0.1, -0.05) is 36.4 Å². The van der Waals surface area contributed by atoms with Gasteiger partial charge >= 0.3 is 0 Å². The van der Waals surface area contributed by atoms with Crippen molar-refractivity contribution in [3.8, 4) is 0 Å². The Kier molecular flexibility index (Phi) is 4.91. The van der Waals surface area contributed by atoms with E-state index in [0.717, 1.165) is 27.9 Å². The van der Waals surface area contributed by atoms with Crippen LogP contribution in [0.25, 0.3) is 10.9 Å². The molecular weight excluding hydrogens is 312 g/mol. The standard InChI is InChI=1S/C21H24N2O2/c1-13-4-5-14(2)21-20(13)18(15(3)23-21)10-19(25)22-11-16-6-8-17(12-24)9-7-16/h4-9,23-24H,10-12H2,1-3H3,(H,22,25). The van der Waals surface area contributed by atoms with Gasteiger partial charge in [0.15, 0.2) is 0 Å². The van der Waals surface area contributed by atoms with Crippen molar-refractivity contribution < 1.29 is 9.90 Å². The highest BCUT2D eigenvalue weighted by atomic mass is 16.3. The molecule has 0 spiro atoms. The van der Waals surface area contributed by atoms with Gasteiger partial charge in [0, 0.05) is 23.1 Å². The minimum Gasteiger partial charge on any atom is -0.392 e. The Morgan fingerprint density at radius 2 is 1.64 bits per heavy atom. The van der Waals surface area contributed by atoms with Crippen LogP contribution in [0.2, 0.25) is 0 Å². The quantitative estimate of drug-likeness (QED) is 0.668. The van der Waals surface area contributed by atoms with Crippen LogP contribution >= 0.6 is 0 Å². The number of fused-ring (bicyclic) bond motifs is 1. The number of carbonyl (C=O) groups excluding carboxylic acids is 1. The van der Waals surface area contributed by atoms with Crippen molar-refractivity contribution >= 4 is 16.8 Å². The molecule has 0 fully saturated rings. The third-order valence-corrected chi connectivity index (χ3v) is 4.72. The Morgan fingerprint density at radius 3 is 2.32 bits per heavy atom. The Labute approximate surface area is 147 Å². The molecule has 3 aromatic rings. The number of aromatic nitrogens is 1. The second-order valence-corrected chi connectivity index (χ2v) is 6.61. The van der Waals surface area contributed by atoms with Crippen molar-refractivity contribution in [3.05, 3.63) is 69.9 Å². The predicted molar refractivity (Wildman–Crippen MR) is 100 cm³/mol. The fourth-order valence-electron chi connectivity index (χ4n) is 3.22. The zero-order valence-electron chi connectivity index (χ0n) is 14.9. The maximum Gasteiger partial charge on any atom is 0.224 e. The smallest absolute Gasteiger partial charge is 0.224 e. The Balaban J connectivity index is 1.73. The summed E-state index contributed by atoms with van der Waals surface area (Å²) in [6, 6.07) is 11.8. The Bertz CT molecular complexity index is 908. The molecule has 0 bridgehead atoms. The molecule has 4 nitrogen and oxygen atoms in total. The van der Waals surface area contributed by atoms with E-state index < -0.39 is 0 Å². The third-order valence-electron chi connectivity index (χ3n) is 4.72. The molecule has 3 rings (SSSR count). The van der Waals surface area contributed by atoms with Crippen LogP contribution in [0.4, 0.5) is 0 Å². The molecule has 130 valence electrons. The summed E-state index contributed by atoms with van der Waals surface area (Å²) in [5.74, 6) is 0.0103. The molecule has 1 aromatic heterocycles. The molecule has 4 heteroatoms. The van der Waals surface area contributed by atoms with Gasteiger partial charge < -0.3 is 15.4 Å². The summed E-state index contributed by atoms with van der Waals surface area (Å²) in [4.78, 5) is 15.9. The highest BCUT2D eigenvalue weighted by Crippen LogP contribution is 2.28. The van der Waals surface area contributed by atoms with Gasteiger partial charge in [0.2, 0.25) is 5.91 Å². The van der Waals surface area contributed by atoms with Crippen LogP contribution in [-0.4, -0.2) is 16.0 Å². The van der Waals surface area contributed by atoms with Crippen LogP contribution in [0.1, 0.15) is 33.5 Å². The number of hydrogen-bond acceptors (Lipinski definition) is 2. The summed E-state index contributed by atoms with van der Waals surface area (Å²) in [6.45, 7) is 6.71. The maximum atomic E-state index is 12.4. The molecule has 0 unspecified atom stereocenters. The average molecular weight is 336 g/mol. The number of aryl methyl sites for hydroxylation is 3. The average Bonchev–Trinajstić information content (AvgIpc) is 2.94. The molecule has 1 heterocycles. The fraction of sp³-hybridized carbons (Fsp3) is 0.286. The van der Waals surface area contributed by atoms with Crippen LogP contribution < -0.4 is 5.32 Å². The largest absolute Gasteiger partial charge is 0.392 e. The lowest BCUT2D eigenvalue weighted by molar-refractivity contribution is -0.120. The van der Waals surface area contributed by atoms with Crippen LogP contribution in [0.15, 0.2) is 36.4 Å². The number of H-pyrrole nitrogens is 1. The summed E-state index contributed by atoms with van der Waals surface area (Å²) in [5.41, 5.74) is 7.52. The Hall–Kier alpha value is -2.59. The van der Waals surface area contributed by atoms with E-state index in [1.807, 2.05) is 31.2 Å². The van der Waals surface area contributed by atoms with E-state index in [9.17, 15) is 4.79 Å². The molecule has 25 heavy (non-hydrogen) atoms.